The number of hydrogen-bond donors (Lipinski definition) is 2. The molecule has 2 N–H and O–H groups in total. The van der Waals surface area contributed by atoms with Crippen LogP contribution in [0, 0.1) is 0 Å². The molecule has 7 nitrogen and oxygen atoms in total. The molecule has 0 saturated heterocycles. The molecule has 0 aliphatic rings. The molecule has 0 unspecified atom stereocenters. The normalized spacial score (nSPS) is 10.2. The summed E-state index contributed by atoms with van der Waals surface area (Å²) in [5.41, 5.74) is 2.41. The molecule has 0 atom stereocenters. The Balaban J connectivity index is 1.80. The highest BCUT2D eigenvalue weighted by Gasteiger charge is 2.14. The van der Waals surface area contributed by atoms with E-state index >= 15 is 0 Å². The first-order valence-corrected chi connectivity index (χ1v) is 9.25. The molecule has 144 valence electrons. The molecular formula is C20H19N3O4S. The minimum atomic E-state index is -0.314. The summed E-state index contributed by atoms with van der Waals surface area (Å²) in [7, 11) is 3.18. The predicted octanol–water partition coefficient (Wildman–Crippen LogP) is 4.04. The summed E-state index contributed by atoms with van der Waals surface area (Å²) in [4.78, 5) is 28.2. The number of nitrogens with zero attached hydrogens (tertiary/aromatic N) is 1. The quantitative estimate of drug-likeness (QED) is 0.655. The predicted molar refractivity (Wildman–Crippen MR) is 109 cm³/mol. The Labute approximate surface area is 166 Å². The van der Waals surface area contributed by atoms with Crippen molar-refractivity contribution in [3.8, 4) is 22.8 Å². The van der Waals surface area contributed by atoms with E-state index < -0.39 is 0 Å². The van der Waals surface area contributed by atoms with Crippen LogP contribution < -0.4 is 20.1 Å². The lowest BCUT2D eigenvalue weighted by Gasteiger charge is -2.08. The highest BCUT2D eigenvalue weighted by atomic mass is 32.1. The van der Waals surface area contributed by atoms with Gasteiger partial charge >= 0.3 is 0 Å². The highest BCUT2D eigenvalue weighted by Crippen LogP contribution is 2.35. The number of aromatic nitrogens is 1. The molecule has 0 spiro atoms. The minimum Gasteiger partial charge on any atom is -0.497 e. The standard InChI is InChI=1S/C20H19N3O4S/c1-12(24)21-14-6-4-5-13(9-14)19(25)23-20-22-17(11-28-20)16-10-15(26-2)7-8-18(16)27-3/h4-11H,1-3H3,(H,21,24)(H,22,23,25). The van der Waals surface area contributed by atoms with E-state index in [2.05, 4.69) is 15.6 Å². The number of benzene rings is 2. The number of ether oxygens (including phenoxy) is 2. The fourth-order valence-electron chi connectivity index (χ4n) is 2.58. The number of thiazole rings is 1. The molecular weight excluding hydrogens is 378 g/mol. The summed E-state index contributed by atoms with van der Waals surface area (Å²) in [5, 5.41) is 7.72. The summed E-state index contributed by atoms with van der Waals surface area (Å²) in [6.45, 7) is 1.41. The van der Waals surface area contributed by atoms with Gasteiger partial charge in [-0.2, -0.15) is 0 Å². The molecule has 0 saturated carbocycles. The molecule has 1 aromatic heterocycles. The van der Waals surface area contributed by atoms with Gasteiger partial charge in [0, 0.05) is 29.1 Å². The van der Waals surface area contributed by atoms with Gasteiger partial charge in [-0.1, -0.05) is 6.07 Å². The summed E-state index contributed by atoms with van der Waals surface area (Å²) < 4.78 is 10.7. The highest BCUT2D eigenvalue weighted by molar-refractivity contribution is 7.14. The maximum Gasteiger partial charge on any atom is 0.257 e. The Morgan fingerprint density at radius 2 is 1.86 bits per heavy atom. The first-order valence-electron chi connectivity index (χ1n) is 8.37. The van der Waals surface area contributed by atoms with E-state index in [-0.39, 0.29) is 11.8 Å². The van der Waals surface area contributed by atoms with E-state index in [1.807, 2.05) is 11.4 Å². The van der Waals surface area contributed by atoms with Crippen LogP contribution in [0.3, 0.4) is 0 Å². The van der Waals surface area contributed by atoms with Crippen LogP contribution in [0.4, 0.5) is 10.8 Å². The number of nitrogens with one attached hydrogen (secondary N) is 2. The van der Waals surface area contributed by atoms with E-state index in [0.29, 0.717) is 33.6 Å². The summed E-state index contributed by atoms with van der Waals surface area (Å²) in [6, 6.07) is 12.1. The molecule has 0 aliphatic carbocycles. The monoisotopic (exact) mass is 397 g/mol. The average molecular weight is 397 g/mol. The third kappa shape index (κ3) is 4.47. The summed E-state index contributed by atoms with van der Waals surface area (Å²) in [6.07, 6.45) is 0. The van der Waals surface area contributed by atoms with Crippen molar-refractivity contribution in [3.63, 3.8) is 0 Å². The van der Waals surface area contributed by atoms with Gasteiger partial charge in [0.2, 0.25) is 5.91 Å². The largest absolute Gasteiger partial charge is 0.497 e. The van der Waals surface area contributed by atoms with Crippen LogP contribution in [-0.2, 0) is 4.79 Å². The van der Waals surface area contributed by atoms with Crippen molar-refractivity contribution in [1.82, 2.24) is 4.98 Å². The second-order valence-corrected chi connectivity index (χ2v) is 6.68. The van der Waals surface area contributed by atoms with Crippen molar-refractivity contribution in [1.29, 1.82) is 0 Å². The third-order valence-electron chi connectivity index (χ3n) is 3.85. The Hall–Kier alpha value is -3.39. The summed E-state index contributed by atoms with van der Waals surface area (Å²) >= 11 is 1.31. The average Bonchev–Trinajstić information content (AvgIpc) is 3.15. The number of rotatable bonds is 6. The topological polar surface area (TPSA) is 89.5 Å². The van der Waals surface area contributed by atoms with Crippen LogP contribution in [0.5, 0.6) is 11.5 Å². The Bertz CT molecular complexity index is 1020. The zero-order chi connectivity index (χ0) is 20.1. The molecule has 3 rings (SSSR count). The molecule has 2 amide bonds. The van der Waals surface area contributed by atoms with Gasteiger partial charge in [0.15, 0.2) is 5.13 Å². The Morgan fingerprint density at radius 3 is 2.57 bits per heavy atom. The van der Waals surface area contributed by atoms with E-state index in [1.165, 1.54) is 18.3 Å². The van der Waals surface area contributed by atoms with Gasteiger partial charge in [-0.25, -0.2) is 4.98 Å². The number of carbonyl (C=O) groups excluding carboxylic acids is 2. The van der Waals surface area contributed by atoms with Crippen LogP contribution in [0.2, 0.25) is 0 Å². The minimum absolute atomic E-state index is 0.200. The SMILES string of the molecule is COc1ccc(OC)c(-c2csc(NC(=O)c3cccc(NC(C)=O)c3)n2)c1. The molecule has 0 fully saturated rings. The number of amides is 2. The van der Waals surface area contributed by atoms with Crippen molar-refractivity contribution in [2.75, 3.05) is 24.9 Å². The smallest absolute Gasteiger partial charge is 0.257 e. The number of hydrogen-bond acceptors (Lipinski definition) is 6. The lowest BCUT2D eigenvalue weighted by molar-refractivity contribution is -0.114. The first kappa shape index (κ1) is 19.4. The number of anilines is 2. The van der Waals surface area contributed by atoms with E-state index in [9.17, 15) is 9.59 Å². The van der Waals surface area contributed by atoms with Gasteiger partial charge < -0.3 is 14.8 Å². The van der Waals surface area contributed by atoms with Crippen LogP contribution in [-0.4, -0.2) is 31.0 Å². The van der Waals surface area contributed by atoms with Crippen molar-refractivity contribution in [2.45, 2.75) is 6.92 Å². The second-order valence-electron chi connectivity index (χ2n) is 5.82. The fourth-order valence-corrected chi connectivity index (χ4v) is 3.29. The number of carbonyl (C=O) groups is 2. The zero-order valence-corrected chi connectivity index (χ0v) is 16.4. The van der Waals surface area contributed by atoms with Gasteiger partial charge in [-0.05, 0) is 36.4 Å². The maximum absolute atomic E-state index is 12.5. The van der Waals surface area contributed by atoms with Crippen LogP contribution in [0.15, 0.2) is 47.8 Å². The molecule has 2 aromatic carbocycles. The molecule has 0 aliphatic heterocycles. The van der Waals surface area contributed by atoms with E-state index in [1.54, 1.807) is 50.6 Å². The molecule has 3 aromatic rings. The molecule has 1 heterocycles. The van der Waals surface area contributed by atoms with Crippen LogP contribution in [0.25, 0.3) is 11.3 Å². The summed E-state index contributed by atoms with van der Waals surface area (Å²) in [5.74, 6) is 0.830. The lowest BCUT2D eigenvalue weighted by atomic mass is 10.1. The van der Waals surface area contributed by atoms with E-state index in [4.69, 9.17) is 9.47 Å². The molecule has 28 heavy (non-hydrogen) atoms. The van der Waals surface area contributed by atoms with Gasteiger partial charge in [0.1, 0.15) is 11.5 Å². The number of methoxy groups -OCH3 is 2. The van der Waals surface area contributed by atoms with Gasteiger partial charge in [0.25, 0.3) is 5.91 Å². The van der Waals surface area contributed by atoms with Crippen LogP contribution in [0.1, 0.15) is 17.3 Å². The van der Waals surface area contributed by atoms with Crippen LogP contribution >= 0.6 is 11.3 Å². The second kappa shape index (κ2) is 8.53. The molecule has 0 radical (unpaired) electrons. The maximum atomic E-state index is 12.5. The lowest BCUT2D eigenvalue weighted by Crippen LogP contribution is -2.13. The van der Waals surface area contributed by atoms with Gasteiger partial charge in [-0.15, -0.1) is 11.3 Å². The van der Waals surface area contributed by atoms with E-state index in [0.717, 1.165) is 5.56 Å². The molecule has 0 bridgehead atoms. The fraction of sp³-hybridized carbons (Fsp3) is 0.150. The van der Waals surface area contributed by atoms with Gasteiger partial charge in [-0.3, -0.25) is 14.9 Å². The zero-order valence-electron chi connectivity index (χ0n) is 15.6. The van der Waals surface area contributed by atoms with Gasteiger partial charge in [0.05, 0.1) is 19.9 Å². The Kier molecular flexibility index (Phi) is 5.90. The molecule has 8 heteroatoms. The van der Waals surface area contributed by atoms with Crippen molar-refractivity contribution in [2.24, 2.45) is 0 Å². The van der Waals surface area contributed by atoms with Crippen molar-refractivity contribution < 1.29 is 19.1 Å². The first-order chi connectivity index (χ1) is 13.5. The Morgan fingerprint density at radius 1 is 1.04 bits per heavy atom. The van der Waals surface area contributed by atoms with Crippen molar-refractivity contribution in [3.05, 3.63) is 53.4 Å². The van der Waals surface area contributed by atoms with Crippen molar-refractivity contribution >= 4 is 34.0 Å². The third-order valence-corrected chi connectivity index (χ3v) is 4.61.